The molecule has 1 saturated heterocycles. The molecule has 0 aliphatic carbocycles. The van der Waals surface area contributed by atoms with E-state index in [0.717, 1.165) is 10.5 Å². The van der Waals surface area contributed by atoms with Crippen LogP contribution < -0.4 is 5.32 Å². The molecule has 1 aliphatic rings. The van der Waals surface area contributed by atoms with Crippen molar-refractivity contribution in [2.45, 2.75) is 6.92 Å². The average Bonchev–Trinajstić information content (AvgIpc) is 2.92. The number of hydrogen-bond acceptors (Lipinski definition) is 6. The van der Waals surface area contributed by atoms with Crippen LogP contribution in [-0.4, -0.2) is 33.4 Å². The maximum absolute atomic E-state index is 12.5. The fraction of sp³-hybridized carbons (Fsp3) is 0.105. The van der Waals surface area contributed by atoms with Gasteiger partial charge in [0.05, 0.1) is 9.83 Å². The molecule has 3 amide bonds. The number of carbonyl (C=O) groups is 3. The van der Waals surface area contributed by atoms with Gasteiger partial charge in [-0.25, -0.2) is 0 Å². The third-order valence-corrected chi connectivity index (χ3v) is 5.29. The first-order valence-electron chi connectivity index (χ1n) is 8.31. The first-order valence-corrected chi connectivity index (χ1v) is 9.50. The van der Waals surface area contributed by atoms with E-state index in [4.69, 9.17) is 11.6 Å². The molecule has 0 unspecified atom stereocenters. The van der Waals surface area contributed by atoms with Crippen molar-refractivity contribution < 1.29 is 19.3 Å². The first-order chi connectivity index (χ1) is 13.8. The van der Waals surface area contributed by atoms with Crippen LogP contribution in [-0.2, 0) is 9.59 Å². The van der Waals surface area contributed by atoms with Gasteiger partial charge in [-0.05, 0) is 48.0 Å². The number of nitrogens with one attached hydrogen (secondary N) is 1. The summed E-state index contributed by atoms with van der Waals surface area (Å²) >= 11 is 6.44. The second-order valence-electron chi connectivity index (χ2n) is 6.10. The molecule has 10 heteroatoms. The van der Waals surface area contributed by atoms with Gasteiger partial charge in [0.25, 0.3) is 16.8 Å². The van der Waals surface area contributed by atoms with Crippen LogP contribution in [0.5, 0.6) is 0 Å². The van der Waals surface area contributed by atoms with Gasteiger partial charge in [0.2, 0.25) is 5.91 Å². The predicted octanol–water partition coefficient (Wildman–Crippen LogP) is 4.23. The van der Waals surface area contributed by atoms with Crippen LogP contribution in [0.1, 0.15) is 11.1 Å². The zero-order valence-corrected chi connectivity index (χ0v) is 16.6. The van der Waals surface area contributed by atoms with E-state index in [2.05, 4.69) is 5.32 Å². The lowest BCUT2D eigenvalue weighted by molar-refractivity contribution is -0.384. The van der Waals surface area contributed by atoms with Gasteiger partial charge < -0.3 is 5.32 Å². The maximum atomic E-state index is 12.5. The summed E-state index contributed by atoms with van der Waals surface area (Å²) < 4.78 is 0. The predicted molar refractivity (Wildman–Crippen MR) is 111 cm³/mol. The fourth-order valence-corrected chi connectivity index (χ4v) is 3.62. The number of nitro benzene ring substituents is 1. The Morgan fingerprint density at radius 3 is 2.69 bits per heavy atom. The van der Waals surface area contributed by atoms with Crippen LogP contribution in [0.4, 0.5) is 16.2 Å². The monoisotopic (exact) mass is 431 g/mol. The highest BCUT2D eigenvalue weighted by Gasteiger charge is 2.36. The summed E-state index contributed by atoms with van der Waals surface area (Å²) in [7, 11) is 0. The topological polar surface area (TPSA) is 110 Å². The molecule has 0 atom stereocenters. The fourth-order valence-electron chi connectivity index (χ4n) is 2.59. The third kappa shape index (κ3) is 4.64. The third-order valence-electron chi connectivity index (χ3n) is 4.06. The van der Waals surface area contributed by atoms with E-state index >= 15 is 0 Å². The number of nitrogens with zero attached hydrogens (tertiary/aromatic N) is 2. The van der Waals surface area contributed by atoms with Crippen LogP contribution in [0.3, 0.4) is 0 Å². The Morgan fingerprint density at radius 2 is 2.00 bits per heavy atom. The molecule has 3 rings (SSSR count). The van der Waals surface area contributed by atoms with E-state index in [1.54, 1.807) is 12.1 Å². The quantitative estimate of drug-likeness (QED) is 0.431. The number of aryl methyl sites for hydroxylation is 1. The van der Waals surface area contributed by atoms with Gasteiger partial charge in [0, 0.05) is 11.8 Å². The minimum atomic E-state index is -0.641. The molecule has 8 nitrogen and oxygen atoms in total. The molecule has 148 valence electrons. The number of benzene rings is 2. The van der Waals surface area contributed by atoms with Crippen LogP contribution in [0, 0.1) is 17.0 Å². The van der Waals surface area contributed by atoms with Gasteiger partial charge in [-0.3, -0.25) is 29.4 Å². The number of thioether (sulfide) groups is 1. The Morgan fingerprint density at radius 1 is 1.28 bits per heavy atom. The summed E-state index contributed by atoms with van der Waals surface area (Å²) in [6, 6.07) is 11.2. The summed E-state index contributed by atoms with van der Waals surface area (Å²) in [5, 5.41) is 13.0. The van der Waals surface area contributed by atoms with Gasteiger partial charge >= 0.3 is 0 Å². The number of carbonyl (C=O) groups excluding carboxylic acids is 3. The Kier molecular flexibility index (Phi) is 6.00. The van der Waals surface area contributed by atoms with E-state index in [9.17, 15) is 24.5 Å². The van der Waals surface area contributed by atoms with Gasteiger partial charge in [0.1, 0.15) is 11.6 Å². The Labute approximate surface area is 174 Å². The smallest absolute Gasteiger partial charge is 0.294 e. The molecular formula is C19H14ClN3O5S. The van der Waals surface area contributed by atoms with E-state index < -0.39 is 28.5 Å². The largest absolute Gasteiger partial charge is 0.324 e. The normalized spacial score (nSPS) is 15.1. The lowest BCUT2D eigenvalue weighted by Gasteiger charge is -2.13. The first kappa shape index (κ1) is 20.6. The molecule has 0 aromatic heterocycles. The zero-order chi connectivity index (χ0) is 21.1. The number of halogens is 1. The lowest BCUT2D eigenvalue weighted by Crippen LogP contribution is -2.36. The molecule has 1 aliphatic heterocycles. The molecule has 0 radical (unpaired) electrons. The second-order valence-corrected chi connectivity index (χ2v) is 7.50. The van der Waals surface area contributed by atoms with Crippen LogP contribution >= 0.6 is 23.4 Å². The van der Waals surface area contributed by atoms with E-state index in [1.807, 2.05) is 19.1 Å². The van der Waals surface area contributed by atoms with Crippen LogP contribution in [0.15, 0.2) is 47.4 Å². The number of imide groups is 1. The maximum Gasteiger partial charge on any atom is 0.294 e. The van der Waals surface area contributed by atoms with E-state index in [0.29, 0.717) is 23.0 Å². The SMILES string of the molecule is Cc1ccccc1NC(=O)CN1C(=O)S/C(=C\c2ccc(Cl)c([N+](=O)[O-])c2)C1=O. The number of hydrogen-bond donors (Lipinski definition) is 1. The van der Waals surface area contributed by atoms with E-state index in [-0.39, 0.29) is 15.6 Å². The average molecular weight is 432 g/mol. The van der Waals surface area contributed by atoms with Crippen molar-refractivity contribution in [3.05, 3.63) is 73.6 Å². The zero-order valence-electron chi connectivity index (χ0n) is 15.0. The number of amides is 3. The molecule has 0 bridgehead atoms. The van der Waals surface area contributed by atoms with Gasteiger partial charge in [0.15, 0.2) is 0 Å². The van der Waals surface area contributed by atoms with Gasteiger partial charge in [-0.2, -0.15) is 0 Å². The van der Waals surface area contributed by atoms with Crippen molar-refractivity contribution in [3.8, 4) is 0 Å². The number of rotatable bonds is 5. The minimum Gasteiger partial charge on any atom is -0.324 e. The van der Waals surface area contributed by atoms with Crippen molar-refractivity contribution in [1.29, 1.82) is 0 Å². The highest BCUT2D eigenvalue weighted by Crippen LogP contribution is 2.33. The highest BCUT2D eigenvalue weighted by molar-refractivity contribution is 8.18. The minimum absolute atomic E-state index is 0.0341. The number of para-hydroxylation sites is 1. The molecule has 0 saturated carbocycles. The van der Waals surface area contributed by atoms with Crippen molar-refractivity contribution in [2.24, 2.45) is 0 Å². The van der Waals surface area contributed by atoms with Crippen molar-refractivity contribution in [3.63, 3.8) is 0 Å². The molecule has 0 spiro atoms. The Hall–Kier alpha value is -3.17. The highest BCUT2D eigenvalue weighted by atomic mass is 35.5. The summed E-state index contributed by atoms with van der Waals surface area (Å²) in [6.07, 6.45) is 1.35. The molecule has 29 heavy (non-hydrogen) atoms. The van der Waals surface area contributed by atoms with Gasteiger partial charge in [-0.1, -0.05) is 35.9 Å². The molecule has 2 aromatic rings. The molecule has 1 heterocycles. The molecule has 2 aromatic carbocycles. The molecule has 1 N–H and O–H groups in total. The Bertz CT molecular complexity index is 1070. The lowest BCUT2D eigenvalue weighted by atomic mass is 10.2. The van der Waals surface area contributed by atoms with Crippen molar-refractivity contribution >= 4 is 57.9 Å². The number of anilines is 1. The molecule has 1 fully saturated rings. The summed E-state index contributed by atoms with van der Waals surface area (Å²) in [5.41, 5.74) is 1.47. The van der Waals surface area contributed by atoms with Crippen molar-refractivity contribution in [2.75, 3.05) is 11.9 Å². The standard InChI is InChI=1S/C19H14ClN3O5S/c1-11-4-2-3-5-14(11)21-17(24)10-22-18(25)16(29-19(22)26)9-12-6-7-13(20)15(8-12)23(27)28/h2-9H,10H2,1H3,(H,21,24)/b16-9-. The Balaban J connectivity index is 1.75. The van der Waals surface area contributed by atoms with E-state index in [1.165, 1.54) is 24.3 Å². The number of nitro groups is 1. The van der Waals surface area contributed by atoms with Gasteiger partial charge in [-0.15, -0.1) is 0 Å². The van der Waals surface area contributed by atoms with Crippen molar-refractivity contribution in [1.82, 2.24) is 4.90 Å². The van der Waals surface area contributed by atoms with Crippen LogP contribution in [0.2, 0.25) is 5.02 Å². The molecular weight excluding hydrogens is 418 g/mol. The second kappa shape index (κ2) is 8.46. The van der Waals surface area contributed by atoms with Crippen LogP contribution in [0.25, 0.3) is 6.08 Å². The summed E-state index contributed by atoms with van der Waals surface area (Å²) in [5.74, 6) is -1.15. The summed E-state index contributed by atoms with van der Waals surface area (Å²) in [4.78, 5) is 48.2. The summed E-state index contributed by atoms with van der Waals surface area (Å²) in [6.45, 7) is 1.39.